The molecule has 1 aromatic rings. The normalized spacial score (nSPS) is 26.0. The van der Waals surface area contributed by atoms with E-state index in [0.29, 0.717) is 25.1 Å². The molecule has 2 aliphatic heterocycles. The number of nitrogen functional groups attached to an aromatic ring is 1. The van der Waals surface area contributed by atoms with E-state index in [2.05, 4.69) is 0 Å². The van der Waals surface area contributed by atoms with Crippen molar-refractivity contribution in [2.24, 2.45) is 5.73 Å². The van der Waals surface area contributed by atoms with Crippen molar-refractivity contribution in [2.45, 2.75) is 31.0 Å². The van der Waals surface area contributed by atoms with Crippen molar-refractivity contribution in [1.29, 1.82) is 0 Å². The topological polar surface area (TPSA) is 98.7 Å². The Hall–Kier alpha value is -1.92. The lowest BCUT2D eigenvalue weighted by atomic mass is 10.0. The zero-order chi connectivity index (χ0) is 15.0. The number of carbonyl (C=O) groups excluding carboxylic acids is 2. The predicted molar refractivity (Wildman–Crippen MR) is 77.4 cm³/mol. The minimum Gasteiger partial charge on any atom is -0.399 e. The molecule has 112 valence electrons. The van der Waals surface area contributed by atoms with Crippen molar-refractivity contribution >= 4 is 17.4 Å². The van der Waals surface area contributed by atoms with Gasteiger partial charge < -0.3 is 21.1 Å². The molecule has 0 spiro atoms. The standard InChI is InChI=1S/C15H19N3O3/c16-10-3-1-9(2-4-10)7-11(17)15(20)18-6-5-13-14(18)12(19)8-21-13/h1-4,11,13-14H,5-8,16-17H2. The average Bonchev–Trinajstić information content (AvgIpc) is 3.04. The number of nitrogens with zero attached hydrogens (tertiary/aromatic N) is 1. The number of anilines is 1. The van der Waals surface area contributed by atoms with E-state index in [4.69, 9.17) is 16.2 Å². The first-order valence-corrected chi connectivity index (χ1v) is 7.11. The van der Waals surface area contributed by atoms with Crippen LogP contribution in [0.1, 0.15) is 12.0 Å². The van der Waals surface area contributed by atoms with Gasteiger partial charge in [0.2, 0.25) is 5.91 Å². The molecule has 0 saturated carbocycles. The second kappa shape index (κ2) is 5.46. The fourth-order valence-corrected chi connectivity index (χ4v) is 3.05. The van der Waals surface area contributed by atoms with Gasteiger partial charge in [-0.2, -0.15) is 0 Å². The molecule has 3 rings (SSSR count). The maximum absolute atomic E-state index is 12.5. The van der Waals surface area contributed by atoms with Gasteiger partial charge in [0.05, 0.1) is 12.1 Å². The van der Waals surface area contributed by atoms with Crippen LogP contribution in [-0.4, -0.2) is 47.9 Å². The lowest BCUT2D eigenvalue weighted by molar-refractivity contribution is -0.137. The van der Waals surface area contributed by atoms with Crippen molar-refractivity contribution in [1.82, 2.24) is 4.90 Å². The van der Waals surface area contributed by atoms with Crippen LogP contribution in [0.4, 0.5) is 5.69 Å². The number of ketones is 1. The molecular weight excluding hydrogens is 270 g/mol. The smallest absolute Gasteiger partial charge is 0.240 e. The summed E-state index contributed by atoms with van der Waals surface area (Å²) in [5, 5.41) is 0. The molecule has 4 N–H and O–H groups in total. The lowest BCUT2D eigenvalue weighted by Gasteiger charge is -2.25. The summed E-state index contributed by atoms with van der Waals surface area (Å²) in [6, 6.07) is 6.20. The molecule has 1 aromatic carbocycles. The maximum Gasteiger partial charge on any atom is 0.240 e. The van der Waals surface area contributed by atoms with E-state index in [1.807, 2.05) is 12.1 Å². The molecule has 0 aromatic heterocycles. The number of hydrogen-bond donors (Lipinski definition) is 2. The summed E-state index contributed by atoms with van der Waals surface area (Å²) in [7, 11) is 0. The molecule has 2 fully saturated rings. The Bertz CT molecular complexity index is 558. The number of carbonyl (C=O) groups is 2. The van der Waals surface area contributed by atoms with Gasteiger partial charge in [0.1, 0.15) is 12.6 Å². The molecule has 0 bridgehead atoms. The van der Waals surface area contributed by atoms with Gasteiger partial charge in [0.15, 0.2) is 5.78 Å². The van der Waals surface area contributed by atoms with Gasteiger partial charge in [0, 0.05) is 12.2 Å². The molecule has 0 aliphatic carbocycles. The molecule has 2 saturated heterocycles. The van der Waals surface area contributed by atoms with Crippen LogP contribution >= 0.6 is 0 Å². The monoisotopic (exact) mass is 289 g/mol. The lowest BCUT2D eigenvalue weighted by Crippen LogP contribution is -2.50. The molecule has 0 radical (unpaired) electrons. The van der Waals surface area contributed by atoms with E-state index in [0.717, 1.165) is 5.56 Å². The van der Waals surface area contributed by atoms with Crippen molar-refractivity contribution < 1.29 is 14.3 Å². The minimum absolute atomic E-state index is 0.0227. The molecule has 6 heteroatoms. The summed E-state index contributed by atoms with van der Waals surface area (Å²) in [4.78, 5) is 25.9. The van der Waals surface area contributed by atoms with Crippen LogP contribution in [0.25, 0.3) is 0 Å². The van der Waals surface area contributed by atoms with Crippen molar-refractivity contribution in [3.05, 3.63) is 29.8 Å². The molecule has 6 nitrogen and oxygen atoms in total. The number of benzene rings is 1. The third-order valence-electron chi connectivity index (χ3n) is 4.15. The van der Waals surface area contributed by atoms with Crippen LogP contribution in [0.3, 0.4) is 0 Å². The number of likely N-dealkylation sites (tertiary alicyclic amines) is 1. The molecule has 3 atom stereocenters. The highest BCUT2D eigenvalue weighted by Gasteiger charge is 2.47. The number of Topliss-reactive ketones (excluding diaryl/α,β-unsaturated/α-hetero) is 1. The fraction of sp³-hybridized carbons (Fsp3) is 0.467. The summed E-state index contributed by atoms with van der Waals surface area (Å²) < 4.78 is 5.38. The van der Waals surface area contributed by atoms with Crippen molar-refractivity contribution in [3.63, 3.8) is 0 Å². The van der Waals surface area contributed by atoms with Crippen LogP contribution in [0, 0.1) is 0 Å². The van der Waals surface area contributed by atoms with E-state index < -0.39 is 12.1 Å². The minimum atomic E-state index is -0.652. The highest BCUT2D eigenvalue weighted by molar-refractivity contribution is 5.94. The highest BCUT2D eigenvalue weighted by Crippen LogP contribution is 2.27. The van der Waals surface area contributed by atoms with Crippen LogP contribution < -0.4 is 11.5 Å². The maximum atomic E-state index is 12.5. The third-order valence-corrected chi connectivity index (χ3v) is 4.15. The van der Waals surface area contributed by atoms with E-state index in [9.17, 15) is 9.59 Å². The Morgan fingerprint density at radius 1 is 1.38 bits per heavy atom. The third kappa shape index (κ3) is 2.64. The zero-order valence-electron chi connectivity index (χ0n) is 11.7. The second-order valence-corrected chi connectivity index (χ2v) is 5.63. The SMILES string of the molecule is Nc1ccc(CC(N)C(=O)N2CCC3OCC(=O)C32)cc1. The van der Waals surface area contributed by atoms with Gasteiger partial charge in [0.25, 0.3) is 0 Å². The quantitative estimate of drug-likeness (QED) is 0.745. The van der Waals surface area contributed by atoms with Crippen LogP contribution in [0.5, 0.6) is 0 Å². The predicted octanol–water partition coefficient (Wildman–Crippen LogP) is -0.293. The summed E-state index contributed by atoms with van der Waals surface area (Å²) >= 11 is 0. The van der Waals surface area contributed by atoms with Gasteiger partial charge in [-0.1, -0.05) is 12.1 Å². The first kappa shape index (κ1) is 14.0. The van der Waals surface area contributed by atoms with Crippen molar-refractivity contribution in [2.75, 3.05) is 18.9 Å². The fourth-order valence-electron chi connectivity index (χ4n) is 3.05. The average molecular weight is 289 g/mol. The molecule has 21 heavy (non-hydrogen) atoms. The van der Waals surface area contributed by atoms with Crippen molar-refractivity contribution in [3.8, 4) is 0 Å². The van der Waals surface area contributed by atoms with Gasteiger partial charge >= 0.3 is 0 Å². The first-order valence-electron chi connectivity index (χ1n) is 7.11. The number of fused-ring (bicyclic) bond motifs is 1. The zero-order valence-corrected chi connectivity index (χ0v) is 11.7. The van der Waals surface area contributed by atoms with E-state index >= 15 is 0 Å². The number of ether oxygens (including phenoxy) is 1. The summed E-state index contributed by atoms with van der Waals surface area (Å²) in [6.45, 7) is 0.641. The molecule has 2 heterocycles. The van der Waals surface area contributed by atoms with Crippen LogP contribution in [0.2, 0.25) is 0 Å². The van der Waals surface area contributed by atoms with E-state index in [-0.39, 0.29) is 24.4 Å². The second-order valence-electron chi connectivity index (χ2n) is 5.63. The Balaban J connectivity index is 1.67. The largest absolute Gasteiger partial charge is 0.399 e. The number of amides is 1. The Morgan fingerprint density at radius 3 is 2.81 bits per heavy atom. The van der Waals surface area contributed by atoms with Crippen LogP contribution in [0.15, 0.2) is 24.3 Å². The van der Waals surface area contributed by atoms with E-state index in [1.54, 1.807) is 17.0 Å². The first-order chi connectivity index (χ1) is 10.1. The summed E-state index contributed by atoms with van der Waals surface area (Å²) in [5.74, 6) is -0.205. The molecule has 1 amide bonds. The van der Waals surface area contributed by atoms with Crippen LogP contribution in [-0.2, 0) is 20.7 Å². The van der Waals surface area contributed by atoms with Gasteiger partial charge in [-0.25, -0.2) is 0 Å². The highest BCUT2D eigenvalue weighted by atomic mass is 16.5. The molecule has 3 unspecified atom stereocenters. The molecule has 2 aliphatic rings. The number of rotatable bonds is 3. The number of nitrogens with two attached hydrogens (primary N) is 2. The van der Waals surface area contributed by atoms with E-state index in [1.165, 1.54) is 0 Å². The van der Waals surface area contributed by atoms with Gasteiger partial charge in [-0.05, 0) is 30.5 Å². The Labute approximate surface area is 123 Å². The van der Waals surface area contributed by atoms with Gasteiger partial charge in [-0.15, -0.1) is 0 Å². The Kier molecular flexibility index (Phi) is 3.65. The Morgan fingerprint density at radius 2 is 2.10 bits per heavy atom. The molecular formula is C15H19N3O3. The van der Waals surface area contributed by atoms with Gasteiger partial charge in [-0.3, -0.25) is 9.59 Å². The summed E-state index contributed by atoms with van der Waals surface area (Å²) in [6.07, 6.45) is 0.990. The summed E-state index contributed by atoms with van der Waals surface area (Å²) in [5.41, 5.74) is 13.3. The number of hydrogen-bond acceptors (Lipinski definition) is 5.